The molecular formula is C13H24N2O4S. The maximum atomic E-state index is 12.2. The molecule has 0 saturated carbocycles. The highest BCUT2D eigenvalue weighted by Crippen LogP contribution is 2.21. The van der Waals surface area contributed by atoms with E-state index >= 15 is 0 Å². The van der Waals surface area contributed by atoms with Crippen molar-refractivity contribution >= 4 is 10.0 Å². The van der Waals surface area contributed by atoms with E-state index in [4.69, 9.17) is 9.52 Å². The van der Waals surface area contributed by atoms with Gasteiger partial charge in [-0.3, -0.25) is 0 Å². The van der Waals surface area contributed by atoms with Gasteiger partial charge in [-0.2, -0.15) is 0 Å². The third-order valence-corrected chi connectivity index (χ3v) is 4.36. The van der Waals surface area contributed by atoms with E-state index in [0.717, 1.165) is 6.54 Å². The Labute approximate surface area is 120 Å². The number of hydrogen-bond donors (Lipinski definition) is 2. The van der Waals surface area contributed by atoms with E-state index in [9.17, 15) is 8.42 Å². The molecule has 0 aliphatic rings. The standard InChI is InChI=1S/C13H24N2O4S/c1-10-12(6-11(7-16)19-10)20(17,18)14-8-13(2,3)9-15(4)5/h6,14,16H,7-9H2,1-5H3. The Balaban J connectivity index is 2.82. The second kappa shape index (κ2) is 6.26. The van der Waals surface area contributed by atoms with Gasteiger partial charge < -0.3 is 14.4 Å². The molecule has 0 amide bonds. The lowest BCUT2D eigenvalue weighted by molar-refractivity contribution is 0.242. The molecule has 0 aliphatic carbocycles. The van der Waals surface area contributed by atoms with Gasteiger partial charge in [-0.15, -0.1) is 0 Å². The molecule has 1 aromatic rings. The highest BCUT2D eigenvalue weighted by molar-refractivity contribution is 7.89. The summed E-state index contributed by atoms with van der Waals surface area (Å²) in [7, 11) is 0.274. The molecule has 2 N–H and O–H groups in total. The summed E-state index contributed by atoms with van der Waals surface area (Å²) in [5, 5.41) is 8.98. The Morgan fingerprint density at radius 2 is 2.00 bits per heavy atom. The van der Waals surface area contributed by atoms with Gasteiger partial charge in [0.2, 0.25) is 10.0 Å². The average molecular weight is 304 g/mol. The first-order valence-corrected chi connectivity index (χ1v) is 7.90. The first-order chi connectivity index (χ1) is 9.07. The maximum Gasteiger partial charge on any atom is 0.244 e. The van der Waals surface area contributed by atoms with Crippen LogP contribution in [0.5, 0.6) is 0 Å². The van der Waals surface area contributed by atoms with Crippen LogP contribution in [-0.2, 0) is 16.6 Å². The number of sulfonamides is 1. The molecule has 0 bridgehead atoms. The van der Waals surface area contributed by atoms with Gasteiger partial charge in [-0.25, -0.2) is 13.1 Å². The maximum absolute atomic E-state index is 12.2. The van der Waals surface area contributed by atoms with Crippen LogP contribution in [0.15, 0.2) is 15.4 Å². The van der Waals surface area contributed by atoms with Gasteiger partial charge >= 0.3 is 0 Å². The SMILES string of the molecule is Cc1oc(CO)cc1S(=O)(=O)NCC(C)(C)CN(C)C. The summed E-state index contributed by atoms with van der Waals surface area (Å²) in [6.45, 7) is 6.34. The van der Waals surface area contributed by atoms with Crippen molar-refractivity contribution in [3.63, 3.8) is 0 Å². The van der Waals surface area contributed by atoms with Crippen LogP contribution >= 0.6 is 0 Å². The zero-order valence-electron chi connectivity index (χ0n) is 12.7. The molecule has 0 aromatic carbocycles. The largest absolute Gasteiger partial charge is 0.462 e. The zero-order chi connectivity index (χ0) is 15.6. The lowest BCUT2D eigenvalue weighted by Gasteiger charge is -2.28. The summed E-state index contributed by atoms with van der Waals surface area (Å²) < 4.78 is 32.3. The van der Waals surface area contributed by atoms with E-state index in [2.05, 4.69) is 4.72 Å². The summed E-state index contributed by atoms with van der Waals surface area (Å²) in [6.07, 6.45) is 0. The van der Waals surface area contributed by atoms with Crippen molar-refractivity contribution in [3.05, 3.63) is 17.6 Å². The molecule has 1 heterocycles. The van der Waals surface area contributed by atoms with Crippen LogP contribution < -0.4 is 4.72 Å². The molecule has 0 aliphatic heterocycles. The van der Waals surface area contributed by atoms with Gasteiger partial charge in [-0.05, 0) is 26.4 Å². The third kappa shape index (κ3) is 4.59. The summed E-state index contributed by atoms with van der Waals surface area (Å²) in [5.74, 6) is 0.530. The Morgan fingerprint density at radius 3 is 2.45 bits per heavy atom. The third-order valence-electron chi connectivity index (χ3n) is 2.85. The summed E-state index contributed by atoms with van der Waals surface area (Å²) in [5.41, 5.74) is -0.186. The fourth-order valence-electron chi connectivity index (χ4n) is 2.15. The minimum atomic E-state index is -3.62. The number of aliphatic hydroxyl groups is 1. The molecule has 1 rings (SSSR count). The molecule has 0 saturated heterocycles. The predicted octanol–water partition coefficient (Wildman–Crippen LogP) is 0.946. The van der Waals surface area contributed by atoms with Crippen LogP contribution in [0.3, 0.4) is 0 Å². The highest BCUT2D eigenvalue weighted by Gasteiger charge is 2.25. The normalized spacial score (nSPS) is 13.2. The van der Waals surface area contributed by atoms with Gasteiger partial charge in [0.05, 0.1) is 0 Å². The number of aliphatic hydroxyl groups excluding tert-OH is 1. The minimum Gasteiger partial charge on any atom is -0.462 e. The van der Waals surface area contributed by atoms with Crippen LogP contribution in [0.25, 0.3) is 0 Å². The van der Waals surface area contributed by atoms with E-state index in [1.54, 1.807) is 6.92 Å². The monoisotopic (exact) mass is 304 g/mol. The van der Waals surface area contributed by atoms with Crippen LogP contribution in [0.1, 0.15) is 25.4 Å². The molecule has 7 heteroatoms. The van der Waals surface area contributed by atoms with Crippen LogP contribution in [0.2, 0.25) is 0 Å². The van der Waals surface area contributed by atoms with Crippen molar-refractivity contribution in [1.29, 1.82) is 0 Å². The number of furan rings is 1. The Bertz CT molecular complexity index is 547. The van der Waals surface area contributed by atoms with E-state index in [0.29, 0.717) is 6.54 Å². The fraction of sp³-hybridized carbons (Fsp3) is 0.692. The van der Waals surface area contributed by atoms with Crippen molar-refractivity contribution in [2.45, 2.75) is 32.3 Å². The molecule has 20 heavy (non-hydrogen) atoms. The van der Waals surface area contributed by atoms with Gasteiger partial charge in [0.15, 0.2) is 0 Å². The van der Waals surface area contributed by atoms with E-state index < -0.39 is 10.0 Å². The second-order valence-electron chi connectivity index (χ2n) is 6.02. The van der Waals surface area contributed by atoms with E-state index in [-0.39, 0.29) is 28.4 Å². The second-order valence-corrected chi connectivity index (χ2v) is 7.75. The lowest BCUT2D eigenvalue weighted by Crippen LogP contribution is -2.40. The number of rotatable bonds is 7. The summed E-state index contributed by atoms with van der Waals surface area (Å²) in [4.78, 5) is 2.10. The quantitative estimate of drug-likeness (QED) is 0.783. The first-order valence-electron chi connectivity index (χ1n) is 6.42. The average Bonchev–Trinajstić information content (AvgIpc) is 2.67. The Morgan fingerprint density at radius 1 is 1.40 bits per heavy atom. The molecule has 0 fully saturated rings. The van der Waals surface area contributed by atoms with Gasteiger partial charge in [0.1, 0.15) is 23.0 Å². The summed E-state index contributed by atoms with van der Waals surface area (Å²) >= 11 is 0. The van der Waals surface area contributed by atoms with Gasteiger partial charge in [0.25, 0.3) is 0 Å². The minimum absolute atomic E-state index is 0.0854. The number of nitrogens with one attached hydrogen (secondary N) is 1. The van der Waals surface area contributed by atoms with Crippen molar-refractivity contribution in [1.82, 2.24) is 9.62 Å². The van der Waals surface area contributed by atoms with Gasteiger partial charge in [0, 0.05) is 19.2 Å². The van der Waals surface area contributed by atoms with Crippen LogP contribution in [0, 0.1) is 12.3 Å². The smallest absolute Gasteiger partial charge is 0.244 e. The molecule has 1 aromatic heterocycles. The van der Waals surface area contributed by atoms with Crippen molar-refractivity contribution in [3.8, 4) is 0 Å². The van der Waals surface area contributed by atoms with Crippen molar-refractivity contribution < 1.29 is 17.9 Å². The predicted molar refractivity (Wildman–Crippen MR) is 76.9 cm³/mol. The summed E-state index contributed by atoms with van der Waals surface area (Å²) in [6, 6.07) is 1.36. The topological polar surface area (TPSA) is 82.8 Å². The molecule has 0 spiro atoms. The molecule has 116 valence electrons. The molecule has 6 nitrogen and oxygen atoms in total. The number of nitrogens with zero attached hydrogens (tertiary/aromatic N) is 1. The molecule has 0 radical (unpaired) electrons. The van der Waals surface area contributed by atoms with Crippen molar-refractivity contribution in [2.24, 2.45) is 5.41 Å². The van der Waals surface area contributed by atoms with Crippen LogP contribution in [-0.4, -0.2) is 45.6 Å². The lowest BCUT2D eigenvalue weighted by atomic mass is 9.93. The van der Waals surface area contributed by atoms with E-state index in [1.807, 2.05) is 32.8 Å². The van der Waals surface area contributed by atoms with Gasteiger partial charge in [-0.1, -0.05) is 13.8 Å². The van der Waals surface area contributed by atoms with Crippen molar-refractivity contribution in [2.75, 3.05) is 27.2 Å². The number of aryl methyl sites for hydroxylation is 1. The van der Waals surface area contributed by atoms with Crippen LogP contribution in [0.4, 0.5) is 0 Å². The fourth-order valence-corrected chi connectivity index (χ4v) is 3.59. The molecule has 0 atom stereocenters. The Kier molecular flexibility index (Phi) is 5.37. The first kappa shape index (κ1) is 17.2. The number of hydrogen-bond acceptors (Lipinski definition) is 5. The highest BCUT2D eigenvalue weighted by atomic mass is 32.2. The Hall–Kier alpha value is -0.890. The molecule has 0 unspecified atom stereocenters. The van der Waals surface area contributed by atoms with E-state index in [1.165, 1.54) is 6.07 Å². The molecular weight excluding hydrogens is 280 g/mol. The zero-order valence-corrected chi connectivity index (χ0v) is 13.5.